The lowest BCUT2D eigenvalue weighted by atomic mass is 9.85. The molecule has 1 aromatic heterocycles. The number of carbonyl (C=O) groups excluding carboxylic acids is 1. The molecule has 2 unspecified atom stereocenters. The second-order valence-electron chi connectivity index (χ2n) is 6.81. The quantitative estimate of drug-likeness (QED) is 0.768. The van der Waals surface area contributed by atoms with Crippen molar-refractivity contribution in [1.82, 2.24) is 4.90 Å². The van der Waals surface area contributed by atoms with Crippen LogP contribution < -0.4 is 0 Å². The molecule has 0 saturated carbocycles. The van der Waals surface area contributed by atoms with Crippen LogP contribution in [0.3, 0.4) is 0 Å². The molecule has 3 aliphatic rings. The summed E-state index contributed by atoms with van der Waals surface area (Å²) < 4.78 is 6.76. The number of esters is 1. The first kappa shape index (κ1) is 17.2. The molecular weight excluding hydrogens is 402 g/mol. The fraction of sp³-hybridized carbons (Fsp3) is 0.421. The summed E-state index contributed by atoms with van der Waals surface area (Å²) >= 11 is 4.85. The summed E-state index contributed by atoms with van der Waals surface area (Å²) in [4.78, 5) is 15.4. The van der Waals surface area contributed by atoms with Crippen molar-refractivity contribution in [1.29, 1.82) is 0 Å². The summed E-state index contributed by atoms with van der Waals surface area (Å²) in [6.45, 7) is 2.94. The molecule has 2 aromatic rings. The van der Waals surface area contributed by atoms with E-state index in [0.29, 0.717) is 17.0 Å². The molecule has 1 N–H and O–H groups in total. The van der Waals surface area contributed by atoms with Crippen molar-refractivity contribution >= 4 is 33.2 Å². The van der Waals surface area contributed by atoms with E-state index in [-0.39, 0.29) is 6.10 Å². The molecule has 3 fully saturated rings. The van der Waals surface area contributed by atoms with Gasteiger partial charge in [-0.25, -0.2) is 4.79 Å². The molecule has 4 heterocycles. The van der Waals surface area contributed by atoms with Gasteiger partial charge in [0.05, 0.1) is 0 Å². The van der Waals surface area contributed by atoms with Crippen molar-refractivity contribution in [3.8, 4) is 0 Å². The summed E-state index contributed by atoms with van der Waals surface area (Å²) in [5.74, 6) is -0.169. The Morgan fingerprint density at radius 2 is 1.92 bits per heavy atom. The number of benzene rings is 1. The van der Waals surface area contributed by atoms with E-state index in [1.54, 1.807) is 23.6 Å². The highest BCUT2D eigenvalue weighted by Crippen LogP contribution is 2.36. The summed E-state index contributed by atoms with van der Waals surface area (Å²) in [7, 11) is 0. The summed E-state index contributed by atoms with van der Waals surface area (Å²) in [5, 5.41) is 15.1. The number of carbonyl (C=O) groups is 1. The van der Waals surface area contributed by atoms with Crippen LogP contribution in [0.25, 0.3) is 0 Å². The van der Waals surface area contributed by atoms with Crippen LogP contribution in [0.4, 0.5) is 0 Å². The number of nitrogens with zero attached hydrogens (tertiary/aromatic N) is 1. The Labute approximate surface area is 159 Å². The van der Waals surface area contributed by atoms with E-state index in [0.717, 1.165) is 36.9 Å². The molecule has 0 radical (unpaired) electrons. The van der Waals surface area contributed by atoms with Gasteiger partial charge >= 0.3 is 5.97 Å². The zero-order chi connectivity index (χ0) is 17.4. The summed E-state index contributed by atoms with van der Waals surface area (Å²) in [6, 6.07) is 8.96. The van der Waals surface area contributed by atoms with Crippen molar-refractivity contribution in [2.75, 3.05) is 19.6 Å². The molecular formula is C19H20BrNO3S. The molecule has 25 heavy (non-hydrogen) atoms. The van der Waals surface area contributed by atoms with Crippen molar-refractivity contribution in [2.24, 2.45) is 5.92 Å². The monoisotopic (exact) mass is 421 g/mol. The van der Waals surface area contributed by atoms with Gasteiger partial charge in [0.15, 0.2) is 0 Å². The van der Waals surface area contributed by atoms with Gasteiger partial charge in [-0.1, -0.05) is 28.1 Å². The first-order valence-corrected chi connectivity index (χ1v) is 10.3. The highest BCUT2D eigenvalue weighted by Gasteiger charge is 2.45. The second-order valence-corrected chi connectivity index (χ2v) is 8.51. The molecule has 0 amide bonds. The summed E-state index contributed by atoms with van der Waals surface area (Å²) in [5.41, 5.74) is -0.682. The van der Waals surface area contributed by atoms with Crippen LogP contribution in [0.15, 0.2) is 45.6 Å². The lowest BCUT2D eigenvalue weighted by Crippen LogP contribution is -2.53. The molecule has 0 spiro atoms. The van der Waals surface area contributed by atoms with Gasteiger partial charge in [0, 0.05) is 16.6 Å². The zero-order valence-corrected chi connectivity index (χ0v) is 16.1. The van der Waals surface area contributed by atoms with E-state index in [9.17, 15) is 9.90 Å². The van der Waals surface area contributed by atoms with Crippen molar-refractivity contribution in [2.45, 2.75) is 24.5 Å². The first-order chi connectivity index (χ1) is 12.1. The van der Waals surface area contributed by atoms with Gasteiger partial charge in [0.1, 0.15) is 6.10 Å². The fourth-order valence-electron chi connectivity index (χ4n) is 3.83. The van der Waals surface area contributed by atoms with Crippen molar-refractivity contribution in [3.63, 3.8) is 0 Å². The topological polar surface area (TPSA) is 49.8 Å². The SMILES string of the molecule is O=C(OC1CN2CCC1CC2)C(O)(c1ccc(Br)cc1)c1ccsc1. The first-order valence-electron chi connectivity index (χ1n) is 8.52. The highest BCUT2D eigenvalue weighted by molar-refractivity contribution is 9.10. The Kier molecular flexibility index (Phi) is 4.71. The Balaban J connectivity index is 1.64. The van der Waals surface area contributed by atoms with Crippen LogP contribution >= 0.6 is 27.3 Å². The number of hydrogen-bond acceptors (Lipinski definition) is 5. The number of aliphatic hydroxyl groups is 1. The minimum absolute atomic E-state index is 0.129. The number of ether oxygens (including phenoxy) is 1. The number of halogens is 1. The molecule has 4 nitrogen and oxygen atoms in total. The lowest BCUT2D eigenvalue weighted by molar-refractivity contribution is -0.177. The minimum Gasteiger partial charge on any atom is -0.458 e. The maximum atomic E-state index is 13.1. The third kappa shape index (κ3) is 3.16. The van der Waals surface area contributed by atoms with E-state index in [1.165, 1.54) is 11.3 Å². The van der Waals surface area contributed by atoms with Crippen LogP contribution in [0.2, 0.25) is 0 Å². The Morgan fingerprint density at radius 1 is 1.20 bits per heavy atom. The van der Waals surface area contributed by atoms with Crippen molar-refractivity contribution < 1.29 is 14.6 Å². The van der Waals surface area contributed by atoms with Crippen LogP contribution in [-0.2, 0) is 15.1 Å². The third-order valence-corrected chi connectivity index (χ3v) is 6.56. The van der Waals surface area contributed by atoms with E-state index in [2.05, 4.69) is 20.8 Å². The van der Waals surface area contributed by atoms with Gasteiger partial charge in [0.2, 0.25) is 5.60 Å². The Hall–Kier alpha value is -1.21. The van der Waals surface area contributed by atoms with Gasteiger partial charge in [0.25, 0.3) is 0 Å². The number of fused-ring (bicyclic) bond motifs is 3. The fourth-order valence-corrected chi connectivity index (χ4v) is 4.79. The maximum absolute atomic E-state index is 13.1. The number of piperidine rings is 3. The van der Waals surface area contributed by atoms with Gasteiger partial charge in [-0.3, -0.25) is 4.90 Å². The summed E-state index contributed by atoms with van der Waals surface area (Å²) in [6.07, 6.45) is 2.00. The average molecular weight is 422 g/mol. The van der Waals surface area contributed by atoms with Crippen molar-refractivity contribution in [3.05, 3.63) is 56.7 Å². The number of hydrogen-bond donors (Lipinski definition) is 1. The number of rotatable bonds is 4. The van der Waals surface area contributed by atoms with E-state index in [1.807, 2.05) is 17.5 Å². The van der Waals surface area contributed by atoms with Gasteiger partial charge < -0.3 is 9.84 Å². The zero-order valence-electron chi connectivity index (χ0n) is 13.7. The predicted molar refractivity (Wildman–Crippen MR) is 101 cm³/mol. The molecule has 132 valence electrons. The Bertz CT molecular complexity index is 741. The highest BCUT2D eigenvalue weighted by atomic mass is 79.9. The van der Waals surface area contributed by atoms with Crippen LogP contribution in [0.1, 0.15) is 24.0 Å². The molecule has 6 heteroatoms. The molecule has 5 rings (SSSR count). The molecule has 3 saturated heterocycles. The molecule has 3 aliphatic heterocycles. The largest absolute Gasteiger partial charge is 0.458 e. The van der Waals surface area contributed by atoms with E-state index >= 15 is 0 Å². The average Bonchev–Trinajstić information content (AvgIpc) is 3.18. The van der Waals surface area contributed by atoms with Gasteiger partial charge in [-0.05, 0) is 66.4 Å². The normalized spacial score (nSPS) is 27.7. The smallest absolute Gasteiger partial charge is 0.348 e. The number of thiophene rings is 1. The predicted octanol–water partition coefficient (Wildman–Crippen LogP) is 3.38. The van der Waals surface area contributed by atoms with E-state index < -0.39 is 11.6 Å². The molecule has 2 bridgehead atoms. The lowest BCUT2D eigenvalue weighted by Gasteiger charge is -2.44. The van der Waals surface area contributed by atoms with Gasteiger partial charge in [-0.2, -0.15) is 11.3 Å². The van der Waals surface area contributed by atoms with Crippen LogP contribution in [0.5, 0.6) is 0 Å². The second kappa shape index (κ2) is 6.83. The molecule has 2 atom stereocenters. The molecule has 0 aliphatic carbocycles. The van der Waals surface area contributed by atoms with Crippen LogP contribution in [-0.4, -0.2) is 41.7 Å². The minimum atomic E-state index is -1.77. The van der Waals surface area contributed by atoms with Crippen LogP contribution in [0, 0.1) is 5.92 Å². The molecule has 1 aromatic carbocycles. The third-order valence-electron chi connectivity index (χ3n) is 5.35. The standard InChI is InChI=1S/C19H20BrNO3S/c20-16-3-1-14(2-4-16)19(23,15-7-10-25-12-15)18(22)24-17-11-21-8-5-13(17)6-9-21/h1-4,7,10,12-13,17,23H,5-6,8-9,11H2. The van der Waals surface area contributed by atoms with E-state index in [4.69, 9.17) is 4.74 Å². The maximum Gasteiger partial charge on any atom is 0.348 e. The Morgan fingerprint density at radius 3 is 2.48 bits per heavy atom. The van der Waals surface area contributed by atoms with Gasteiger partial charge in [-0.15, -0.1) is 0 Å².